The van der Waals surface area contributed by atoms with Gasteiger partial charge in [-0.3, -0.25) is 14.9 Å². The maximum atomic E-state index is 12.0. The minimum Gasteiger partial charge on any atom is -0.506 e. The maximum Gasteiger partial charge on any atom is 0.270 e. The number of anilines is 1. The van der Waals surface area contributed by atoms with Crippen molar-refractivity contribution in [3.63, 3.8) is 0 Å². The van der Waals surface area contributed by atoms with Crippen LogP contribution in [0.3, 0.4) is 0 Å². The largest absolute Gasteiger partial charge is 0.506 e. The fourth-order valence-electron chi connectivity index (χ4n) is 2.06. The minimum absolute atomic E-state index is 0.0178. The zero-order chi connectivity index (χ0) is 19.3. The predicted molar refractivity (Wildman–Crippen MR) is 96.6 cm³/mol. The summed E-state index contributed by atoms with van der Waals surface area (Å²) in [5, 5.41) is 22.9. The normalized spacial score (nSPS) is 11.4. The summed E-state index contributed by atoms with van der Waals surface area (Å²) < 4.78 is 23.8. The fourth-order valence-corrected chi connectivity index (χ4v) is 2.97. The number of aromatic hydroxyl groups is 1. The van der Waals surface area contributed by atoms with E-state index in [-0.39, 0.29) is 27.8 Å². The van der Waals surface area contributed by atoms with Gasteiger partial charge in [0.05, 0.1) is 21.3 Å². The van der Waals surface area contributed by atoms with Crippen LogP contribution < -0.4 is 5.32 Å². The van der Waals surface area contributed by atoms with Gasteiger partial charge in [-0.15, -0.1) is 0 Å². The first-order valence-electron chi connectivity index (χ1n) is 7.52. The molecule has 0 aliphatic heterocycles. The first-order valence-corrected chi connectivity index (χ1v) is 9.17. The van der Waals surface area contributed by atoms with Crippen LogP contribution in [0, 0.1) is 10.1 Å². The molecule has 0 aromatic heterocycles. The van der Waals surface area contributed by atoms with E-state index in [9.17, 15) is 28.4 Å². The van der Waals surface area contributed by atoms with Crippen molar-refractivity contribution in [3.8, 4) is 5.75 Å². The zero-order valence-electron chi connectivity index (χ0n) is 13.7. The molecule has 0 unspecified atom stereocenters. The summed E-state index contributed by atoms with van der Waals surface area (Å²) in [5.74, 6) is -1.02. The third-order valence-corrected chi connectivity index (χ3v) is 5.21. The molecule has 8 nitrogen and oxygen atoms in total. The number of hydrogen-bond acceptors (Lipinski definition) is 6. The van der Waals surface area contributed by atoms with E-state index in [1.165, 1.54) is 49.4 Å². The summed E-state index contributed by atoms with van der Waals surface area (Å²) in [7, 11) is -3.49. The number of non-ortho nitro benzene ring substituents is 1. The number of carbonyl (C=O) groups is 1. The van der Waals surface area contributed by atoms with Crippen LogP contribution in [0.15, 0.2) is 53.4 Å². The number of phenols is 1. The number of rotatable bonds is 6. The maximum absolute atomic E-state index is 12.0. The molecule has 2 N–H and O–H groups in total. The van der Waals surface area contributed by atoms with Gasteiger partial charge in [0.25, 0.3) is 5.69 Å². The number of benzene rings is 2. The molecule has 26 heavy (non-hydrogen) atoms. The SMILES string of the molecule is CCS(=O)(=O)c1ccc(O)c(NC(=O)/C=C/c2cccc([N+](=O)[O-])c2)c1. The van der Waals surface area contributed by atoms with E-state index in [0.29, 0.717) is 5.56 Å². The van der Waals surface area contributed by atoms with Crippen LogP contribution in [0.5, 0.6) is 5.75 Å². The first kappa shape index (κ1) is 19.1. The number of carbonyl (C=O) groups excluding carboxylic acids is 1. The van der Waals surface area contributed by atoms with Crippen molar-refractivity contribution in [2.24, 2.45) is 0 Å². The summed E-state index contributed by atoms with van der Waals surface area (Å²) >= 11 is 0. The first-order chi connectivity index (χ1) is 12.2. The van der Waals surface area contributed by atoms with Gasteiger partial charge in [0, 0.05) is 18.2 Å². The third-order valence-electron chi connectivity index (χ3n) is 3.47. The second-order valence-electron chi connectivity index (χ2n) is 5.26. The Labute approximate surface area is 149 Å². The van der Waals surface area contributed by atoms with E-state index >= 15 is 0 Å². The van der Waals surface area contributed by atoms with Gasteiger partial charge in [0.15, 0.2) is 9.84 Å². The molecule has 136 valence electrons. The highest BCUT2D eigenvalue weighted by atomic mass is 32.2. The second-order valence-corrected chi connectivity index (χ2v) is 7.54. The Morgan fingerprint density at radius 3 is 2.65 bits per heavy atom. The van der Waals surface area contributed by atoms with E-state index in [1.54, 1.807) is 6.07 Å². The summed E-state index contributed by atoms with van der Waals surface area (Å²) in [6.07, 6.45) is 2.49. The van der Waals surface area contributed by atoms with Crippen LogP contribution in [0.1, 0.15) is 12.5 Å². The van der Waals surface area contributed by atoms with Gasteiger partial charge < -0.3 is 10.4 Å². The molecule has 0 saturated carbocycles. The molecular formula is C17H16N2O6S. The summed E-state index contributed by atoms with van der Waals surface area (Å²) in [4.78, 5) is 22.2. The second kappa shape index (κ2) is 7.79. The fraction of sp³-hybridized carbons (Fsp3) is 0.118. The van der Waals surface area contributed by atoms with Crippen molar-refractivity contribution in [1.29, 1.82) is 0 Å². The smallest absolute Gasteiger partial charge is 0.270 e. The lowest BCUT2D eigenvalue weighted by atomic mass is 10.2. The topological polar surface area (TPSA) is 127 Å². The monoisotopic (exact) mass is 376 g/mol. The molecule has 0 fully saturated rings. The molecule has 2 aromatic rings. The van der Waals surface area contributed by atoms with E-state index in [0.717, 1.165) is 6.08 Å². The molecule has 0 bridgehead atoms. The van der Waals surface area contributed by atoms with Gasteiger partial charge in [0.2, 0.25) is 5.91 Å². The van der Waals surface area contributed by atoms with E-state index in [4.69, 9.17) is 0 Å². The van der Waals surface area contributed by atoms with Crippen LogP contribution in [0.25, 0.3) is 6.08 Å². The Morgan fingerprint density at radius 2 is 2.00 bits per heavy atom. The van der Waals surface area contributed by atoms with Gasteiger partial charge in [0.1, 0.15) is 5.75 Å². The molecule has 2 rings (SSSR count). The summed E-state index contributed by atoms with van der Waals surface area (Å²) in [6, 6.07) is 9.31. The van der Waals surface area contributed by atoms with Crippen molar-refractivity contribution in [2.75, 3.05) is 11.1 Å². The highest BCUT2D eigenvalue weighted by molar-refractivity contribution is 7.91. The molecule has 0 aliphatic rings. The third kappa shape index (κ3) is 4.67. The number of amides is 1. The van der Waals surface area contributed by atoms with Gasteiger partial charge in [-0.25, -0.2) is 8.42 Å². The van der Waals surface area contributed by atoms with Crippen molar-refractivity contribution in [3.05, 3.63) is 64.2 Å². The van der Waals surface area contributed by atoms with Crippen LogP contribution >= 0.6 is 0 Å². The Morgan fingerprint density at radius 1 is 1.27 bits per heavy atom. The van der Waals surface area contributed by atoms with E-state index in [2.05, 4.69) is 5.32 Å². The van der Waals surface area contributed by atoms with Crippen molar-refractivity contribution >= 4 is 33.2 Å². The zero-order valence-corrected chi connectivity index (χ0v) is 14.6. The van der Waals surface area contributed by atoms with E-state index in [1.807, 2.05) is 0 Å². The van der Waals surface area contributed by atoms with Crippen molar-refractivity contribution < 1.29 is 23.2 Å². The van der Waals surface area contributed by atoms with Crippen molar-refractivity contribution in [1.82, 2.24) is 0 Å². The van der Waals surface area contributed by atoms with Gasteiger partial charge in [-0.1, -0.05) is 19.1 Å². The van der Waals surface area contributed by atoms with Gasteiger partial charge >= 0.3 is 0 Å². The molecule has 9 heteroatoms. The number of nitrogens with zero attached hydrogens (tertiary/aromatic N) is 1. The Hall–Kier alpha value is -3.20. The van der Waals surface area contributed by atoms with Crippen LogP contribution in [-0.4, -0.2) is 30.1 Å². The summed E-state index contributed by atoms with van der Waals surface area (Å²) in [6.45, 7) is 1.49. The quantitative estimate of drug-likeness (QED) is 0.345. The molecule has 1 amide bonds. The number of nitro benzene ring substituents is 1. The molecule has 0 atom stereocenters. The highest BCUT2D eigenvalue weighted by Gasteiger charge is 2.14. The molecule has 0 aliphatic carbocycles. The molecular weight excluding hydrogens is 360 g/mol. The Kier molecular flexibility index (Phi) is 5.73. The standard InChI is InChI=1S/C17H16N2O6S/c1-2-26(24,25)14-7-8-16(20)15(11-14)18-17(21)9-6-12-4-3-5-13(10-12)19(22)23/h3-11,20H,2H2,1H3,(H,18,21)/b9-6+. The van der Waals surface area contributed by atoms with Crippen LogP contribution in [-0.2, 0) is 14.6 Å². The molecule has 0 radical (unpaired) electrons. The molecule has 2 aromatic carbocycles. The molecule has 0 saturated heterocycles. The van der Waals surface area contributed by atoms with Crippen molar-refractivity contribution in [2.45, 2.75) is 11.8 Å². The number of nitro groups is 1. The lowest BCUT2D eigenvalue weighted by Gasteiger charge is -2.08. The number of phenolic OH excluding ortho intramolecular Hbond substituents is 1. The van der Waals surface area contributed by atoms with Crippen LogP contribution in [0.2, 0.25) is 0 Å². The summed E-state index contributed by atoms with van der Waals surface area (Å²) in [5.41, 5.74) is 0.289. The lowest BCUT2D eigenvalue weighted by molar-refractivity contribution is -0.384. The average molecular weight is 376 g/mol. The number of nitrogens with one attached hydrogen (secondary N) is 1. The predicted octanol–water partition coefficient (Wildman–Crippen LogP) is 2.75. The van der Waals surface area contributed by atoms with Crippen LogP contribution in [0.4, 0.5) is 11.4 Å². The Bertz CT molecular complexity index is 982. The Balaban J connectivity index is 2.19. The number of sulfone groups is 1. The molecule has 0 heterocycles. The number of hydrogen-bond donors (Lipinski definition) is 2. The minimum atomic E-state index is -3.49. The molecule has 0 spiro atoms. The van der Waals surface area contributed by atoms with E-state index < -0.39 is 20.7 Å². The lowest BCUT2D eigenvalue weighted by Crippen LogP contribution is -2.10. The van der Waals surface area contributed by atoms with Gasteiger partial charge in [-0.2, -0.15) is 0 Å². The van der Waals surface area contributed by atoms with Gasteiger partial charge in [-0.05, 0) is 29.8 Å². The highest BCUT2D eigenvalue weighted by Crippen LogP contribution is 2.27. The average Bonchev–Trinajstić information content (AvgIpc) is 2.62.